The fourth-order valence-electron chi connectivity index (χ4n) is 2.14. The Labute approximate surface area is 99.3 Å². The maximum Gasteiger partial charge on any atom is 0.175 e. The van der Waals surface area contributed by atoms with Gasteiger partial charge in [0.1, 0.15) is 0 Å². The molecule has 0 fully saturated rings. The van der Waals surface area contributed by atoms with E-state index in [1.807, 2.05) is 0 Å². The standard InChI is InChI=1S/C14H25NO/c1-3-11(2)13(15)14(16)12-9-7-5-4-6-8-10-12/h9,11,13H,3-8,10,15H2,1-2H3. The van der Waals surface area contributed by atoms with E-state index in [4.69, 9.17) is 5.73 Å². The van der Waals surface area contributed by atoms with E-state index in [1.54, 1.807) is 0 Å². The van der Waals surface area contributed by atoms with Crippen molar-refractivity contribution >= 4 is 5.78 Å². The van der Waals surface area contributed by atoms with Crippen molar-refractivity contribution in [2.45, 2.75) is 64.8 Å². The summed E-state index contributed by atoms with van der Waals surface area (Å²) in [6, 6.07) is -0.296. The predicted octanol–water partition coefficient (Wildman–Crippen LogP) is 3.21. The predicted molar refractivity (Wildman–Crippen MR) is 68.2 cm³/mol. The van der Waals surface area contributed by atoms with Gasteiger partial charge in [-0.15, -0.1) is 0 Å². The molecule has 16 heavy (non-hydrogen) atoms. The van der Waals surface area contributed by atoms with E-state index in [-0.39, 0.29) is 11.8 Å². The van der Waals surface area contributed by atoms with E-state index in [0.29, 0.717) is 5.92 Å². The van der Waals surface area contributed by atoms with Crippen molar-refractivity contribution in [3.63, 3.8) is 0 Å². The van der Waals surface area contributed by atoms with Crippen LogP contribution in [0.2, 0.25) is 0 Å². The molecule has 0 bridgehead atoms. The van der Waals surface area contributed by atoms with E-state index in [1.165, 1.54) is 19.3 Å². The van der Waals surface area contributed by atoms with Crippen LogP contribution in [0.5, 0.6) is 0 Å². The van der Waals surface area contributed by atoms with Gasteiger partial charge in [0.05, 0.1) is 6.04 Å². The fourth-order valence-corrected chi connectivity index (χ4v) is 2.14. The quantitative estimate of drug-likeness (QED) is 0.795. The Morgan fingerprint density at radius 2 is 2.06 bits per heavy atom. The zero-order chi connectivity index (χ0) is 12.0. The van der Waals surface area contributed by atoms with Gasteiger partial charge in [0.15, 0.2) is 5.78 Å². The zero-order valence-corrected chi connectivity index (χ0v) is 10.7. The summed E-state index contributed by atoms with van der Waals surface area (Å²) in [6.07, 6.45) is 10.00. The Hall–Kier alpha value is -0.630. The number of hydrogen-bond acceptors (Lipinski definition) is 2. The molecule has 2 nitrogen and oxygen atoms in total. The average Bonchev–Trinajstić information content (AvgIpc) is 2.26. The summed E-state index contributed by atoms with van der Waals surface area (Å²) < 4.78 is 0. The van der Waals surface area contributed by atoms with Crippen LogP contribution in [0.4, 0.5) is 0 Å². The second-order valence-electron chi connectivity index (χ2n) is 4.96. The second kappa shape index (κ2) is 6.85. The van der Waals surface area contributed by atoms with Gasteiger partial charge >= 0.3 is 0 Å². The second-order valence-corrected chi connectivity index (χ2v) is 4.96. The molecule has 1 aliphatic carbocycles. The Morgan fingerprint density at radius 1 is 1.38 bits per heavy atom. The highest BCUT2D eigenvalue weighted by Crippen LogP contribution is 2.20. The Kier molecular flexibility index (Phi) is 5.75. The van der Waals surface area contributed by atoms with Gasteiger partial charge in [-0.05, 0) is 37.2 Å². The van der Waals surface area contributed by atoms with Crippen molar-refractivity contribution in [3.8, 4) is 0 Å². The van der Waals surface area contributed by atoms with Crippen LogP contribution in [0.25, 0.3) is 0 Å². The van der Waals surface area contributed by atoms with Gasteiger partial charge in [0.2, 0.25) is 0 Å². The van der Waals surface area contributed by atoms with Crippen LogP contribution in [0.15, 0.2) is 11.6 Å². The SMILES string of the molecule is CCC(C)C(N)C(=O)C1=CCCCCCC1. The molecule has 0 saturated heterocycles. The molecule has 1 rings (SSSR count). The summed E-state index contributed by atoms with van der Waals surface area (Å²) in [5.41, 5.74) is 6.99. The third-order valence-corrected chi connectivity index (χ3v) is 3.67. The van der Waals surface area contributed by atoms with Crippen LogP contribution in [-0.4, -0.2) is 11.8 Å². The monoisotopic (exact) mass is 223 g/mol. The number of allylic oxidation sites excluding steroid dienone is 1. The number of carbonyl (C=O) groups excluding carboxylic acids is 1. The Morgan fingerprint density at radius 3 is 2.75 bits per heavy atom. The molecule has 0 amide bonds. The number of carbonyl (C=O) groups is 1. The van der Waals surface area contributed by atoms with Gasteiger partial charge in [-0.25, -0.2) is 0 Å². The molecule has 2 atom stereocenters. The van der Waals surface area contributed by atoms with Crippen molar-refractivity contribution in [1.82, 2.24) is 0 Å². The summed E-state index contributed by atoms with van der Waals surface area (Å²) in [7, 11) is 0. The van der Waals surface area contributed by atoms with Crippen molar-refractivity contribution in [1.29, 1.82) is 0 Å². The third-order valence-electron chi connectivity index (χ3n) is 3.67. The van der Waals surface area contributed by atoms with Gasteiger partial charge in [-0.2, -0.15) is 0 Å². The molecule has 2 unspecified atom stereocenters. The van der Waals surface area contributed by atoms with E-state index in [2.05, 4.69) is 19.9 Å². The van der Waals surface area contributed by atoms with Gasteiger partial charge < -0.3 is 5.73 Å². The number of Topliss-reactive ketones (excluding diaryl/α,β-unsaturated/α-hetero) is 1. The minimum Gasteiger partial charge on any atom is -0.321 e. The van der Waals surface area contributed by atoms with Crippen molar-refractivity contribution in [2.24, 2.45) is 11.7 Å². The molecule has 0 aromatic rings. The largest absolute Gasteiger partial charge is 0.321 e. The summed E-state index contributed by atoms with van der Waals surface area (Å²) in [5.74, 6) is 0.482. The van der Waals surface area contributed by atoms with Gasteiger partial charge in [0.25, 0.3) is 0 Å². The normalized spacial score (nSPS) is 21.6. The molecule has 92 valence electrons. The van der Waals surface area contributed by atoms with E-state index >= 15 is 0 Å². The lowest BCUT2D eigenvalue weighted by atomic mass is 9.88. The lowest BCUT2D eigenvalue weighted by Crippen LogP contribution is -2.37. The molecule has 0 heterocycles. The highest BCUT2D eigenvalue weighted by atomic mass is 16.1. The maximum absolute atomic E-state index is 12.2. The number of rotatable bonds is 4. The fraction of sp³-hybridized carbons (Fsp3) is 0.786. The van der Waals surface area contributed by atoms with Crippen molar-refractivity contribution < 1.29 is 4.79 Å². The third kappa shape index (κ3) is 3.75. The Balaban J connectivity index is 2.63. The minimum absolute atomic E-state index is 0.191. The van der Waals surface area contributed by atoms with Crippen LogP contribution in [0.3, 0.4) is 0 Å². The lowest BCUT2D eigenvalue weighted by Gasteiger charge is -2.19. The van der Waals surface area contributed by atoms with Crippen molar-refractivity contribution in [3.05, 3.63) is 11.6 Å². The highest BCUT2D eigenvalue weighted by molar-refractivity contribution is 5.99. The molecular formula is C14H25NO. The van der Waals surface area contributed by atoms with Crippen LogP contribution in [0.1, 0.15) is 58.8 Å². The van der Waals surface area contributed by atoms with Gasteiger partial charge in [-0.3, -0.25) is 4.79 Å². The highest BCUT2D eigenvalue weighted by Gasteiger charge is 2.22. The smallest absolute Gasteiger partial charge is 0.175 e. The molecule has 0 spiro atoms. The summed E-state index contributed by atoms with van der Waals surface area (Å²) in [6.45, 7) is 4.15. The Bertz CT molecular complexity index is 257. The first-order valence-corrected chi connectivity index (χ1v) is 6.65. The molecular weight excluding hydrogens is 198 g/mol. The number of hydrogen-bond donors (Lipinski definition) is 1. The number of ketones is 1. The summed E-state index contributed by atoms with van der Waals surface area (Å²) in [4.78, 5) is 12.2. The van der Waals surface area contributed by atoms with Crippen LogP contribution >= 0.6 is 0 Å². The van der Waals surface area contributed by atoms with Crippen LogP contribution in [0, 0.1) is 5.92 Å². The lowest BCUT2D eigenvalue weighted by molar-refractivity contribution is -0.117. The molecule has 0 radical (unpaired) electrons. The molecule has 1 aliphatic rings. The van der Waals surface area contributed by atoms with Gasteiger partial charge in [0, 0.05) is 0 Å². The molecule has 2 heteroatoms. The molecule has 2 N–H and O–H groups in total. The average molecular weight is 223 g/mol. The number of nitrogens with two attached hydrogens (primary N) is 1. The molecule has 0 aromatic carbocycles. The van der Waals surface area contributed by atoms with E-state index in [0.717, 1.165) is 31.3 Å². The van der Waals surface area contributed by atoms with Crippen LogP contribution in [-0.2, 0) is 4.79 Å². The first kappa shape index (κ1) is 13.4. The molecule has 0 saturated carbocycles. The first-order valence-electron chi connectivity index (χ1n) is 6.65. The summed E-state index contributed by atoms with van der Waals surface area (Å²) in [5, 5.41) is 0. The first-order chi connectivity index (χ1) is 7.66. The maximum atomic E-state index is 12.2. The van der Waals surface area contributed by atoms with Gasteiger partial charge in [-0.1, -0.05) is 39.2 Å². The van der Waals surface area contributed by atoms with E-state index in [9.17, 15) is 4.79 Å². The van der Waals surface area contributed by atoms with Crippen LogP contribution < -0.4 is 5.73 Å². The zero-order valence-electron chi connectivity index (χ0n) is 10.7. The topological polar surface area (TPSA) is 43.1 Å². The molecule has 0 aromatic heterocycles. The molecule has 0 aliphatic heterocycles. The van der Waals surface area contributed by atoms with Crippen molar-refractivity contribution in [2.75, 3.05) is 0 Å². The van der Waals surface area contributed by atoms with E-state index < -0.39 is 0 Å². The summed E-state index contributed by atoms with van der Waals surface area (Å²) >= 11 is 0. The minimum atomic E-state index is -0.296.